The van der Waals surface area contributed by atoms with E-state index in [9.17, 15) is 9.59 Å². The van der Waals surface area contributed by atoms with Crippen molar-refractivity contribution in [3.8, 4) is 0 Å². The van der Waals surface area contributed by atoms with Crippen molar-refractivity contribution in [3.05, 3.63) is 0 Å². The zero-order chi connectivity index (χ0) is 15.7. The van der Waals surface area contributed by atoms with Crippen molar-refractivity contribution in [3.63, 3.8) is 0 Å². The van der Waals surface area contributed by atoms with Crippen molar-refractivity contribution in [2.24, 2.45) is 0 Å². The van der Waals surface area contributed by atoms with Gasteiger partial charge in [-0.2, -0.15) is 0 Å². The van der Waals surface area contributed by atoms with Gasteiger partial charge in [0.05, 0.1) is 6.10 Å². The predicted molar refractivity (Wildman–Crippen MR) is 78.1 cm³/mol. The van der Waals surface area contributed by atoms with E-state index in [2.05, 4.69) is 5.32 Å². The topological polar surface area (TPSA) is 84.9 Å². The van der Waals surface area contributed by atoms with Crippen LogP contribution in [0.15, 0.2) is 0 Å². The highest BCUT2D eigenvalue weighted by atomic mass is 16.5. The molecule has 2 atom stereocenters. The van der Waals surface area contributed by atoms with Crippen LogP contribution in [-0.2, 0) is 19.1 Å². The third kappa shape index (κ3) is 6.91. The molecule has 0 aromatic carbocycles. The van der Waals surface area contributed by atoms with Crippen LogP contribution >= 0.6 is 0 Å². The number of hydrogen-bond donors (Lipinski definition) is 2. The quantitative estimate of drug-likeness (QED) is 0.667. The Hall–Kier alpha value is -1.14. The molecule has 2 unspecified atom stereocenters. The molecule has 0 aromatic heterocycles. The van der Waals surface area contributed by atoms with Gasteiger partial charge in [-0.15, -0.1) is 0 Å². The van der Waals surface area contributed by atoms with E-state index in [1.54, 1.807) is 6.92 Å². The van der Waals surface area contributed by atoms with Crippen LogP contribution in [0, 0.1) is 0 Å². The summed E-state index contributed by atoms with van der Waals surface area (Å²) in [5.41, 5.74) is 0. The fourth-order valence-electron chi connectivity index (χ4n) is 2.51. The molecule has 0 radical (unpaired) electrons. The van der Waals surface area contributed by atoms with Gasteiger partial charge in [-0.1, -0.05) is 25.7 Å². The van der Waals surface area contributed by atoms with Crippen LogP contribution in [0.3, 0.4) is 0 Å². The fraction of sp³-hybridized carbons (Fsp3) is 0.867. The second-order valence-corrected chi connectivity index (χ2v) is 5.57. The number of nitrogens with one attached hydrogen (secondary N) is 1. The average Bonchev–Trinajstić information content (AvgIpc) is 2.71. The summed E-state index contributed by atoms with van der Waals surface area (Å²) in [6.07, 6.45) is 6.38. The predicted octanol–water partition coefficient (Wildman–Crippen LogP) is 1.72. The lowest BCUT2D eigenvalue weighted by molar-refractivity contribution is -0.146. The summed E-state index contributed by atoms with van der Waals surface area (Å²) in [5, 5.41) is 11.6. The molecule has 6 nitrogen and oxygen atoms in total. The first-order valence-electron chi connectivity index (χ1n) is 7.72. The maximum Gasteiger partial charge on any atom is 0.326 e. The SMILES string of the molecule is COCCC(NC(=O)C(C)OC1CCCCCC1)C(=O)O. The first-order valence-corrected chi connectivity index (χ1v) is 7.72. The van der Waals surface area contributed by atoms with Gasteiger partial charge in [0, 0.05) is 20.1 Å². The van der Waals surface area contributed by atoms with Gasteiger partial charge < -0.3 is 19.9 Å². The zero-order valence-corrected chi connectivity index (χ0v) is 13.0. The summed E-state index contributed by atoms with van der Waals surface area (Å²) in [7, 11) is 1.50. The number of carboxylic acids is 1. The Morgan fingerprint density at radius 3 is 2.38 bits per heavy atom. The van der Waals surface area contributed by atoms with Crippen molar-refractivity contribution in [1.29, 1.82) is 0 Å². The van der Waals surface area contributed by atoms with Crippen molar-refractivity contribution >= 4 is 11.9 Å². The van der Waals surface area contributed by atoms with E-state index in [1.165, 1.54) is 20.0 Å². The Balaban J connectivity index is 2.42. The highest BCUT2D eigenvalue weighted by molar-refractivity contribution is 5.86. The number of carbonyl (C=O) groups excluding carboxylic acids is 1. The van der Waals surface area contributed by atoms with Crippen LogP contribution in [0.4, 0.5) is 0 Å². The number of methoxy groups -OCH3 is 1. The molecule has 1 rings (SSSR count). The number of carboxylic acid groups (broad SMARTS) is 1. The summed E-state index contributed by atoms with van der Waals surface area (Å²) in [6.45, 7) is 1.96. The molecular formula is C15H27NO5. The fourth-order valence-corrected chi connectivity index (χ4v) is 2.51. The molecule has 1 fully saturated rings. The van der Waals surface area contributed by atoms with Crippen LogP contribution in [-0.4, -0.2) is 48.9 Å². The number of aliphatic carboxylic acids is 1. The number of ether oxygens (including phenoxy) is 2. The van der Waals surface area contributed by atoms with Crippen LogP contribution in [0.5, 0.6) is 0 Å². The molecule has 21 heavy (non-hydrogen) atoms. The molecule has 1 aliphatic carbocycles. The van der Waals surface area contributed by atoms with E-state index in [0.717, 1.165) is 25.7 Å². The largest absolute Gasteiger partial charge is 0.480 e. The summed E-state index contributed by atoms with van der Waals surface area (Å²) in [6, 6.07) is -0.933. The van der Waals surface area contributed by atoms with Gasteiger partial charge in [-0.05, 0) is 19.8 Å². The molecule has 6 heteroatoms. The molecule has 1 aliphatic rings. The molecular weight excluding hydrogens is 274 g/mol. The third-order valence-electron chi connectivity index (χ3n) is 3.79. The molecule has 0 saturated heterocycles. The molecule has 0 aromatic rings. The second kappa shape index (κ2) is 9.73. The van der Waals surface area contributed by atoms with E-state index in [0.29, 0.717) is 0 Å². The Labute approximate surface area is 126 Å². The van der Waals surface area contributed by atoms with Gasteiger partial charge in [0.25, 0.3) is 0 Å². The lowest BCUT2D eigenvalue weighted by Crippen LogP contribution is -2.46. The highest BCUT2D eigenvalue weighted by Gasteiger charge is 2.25. The third-order valence-corrected chi connectivity index (χ3v) is 3.79. The highest BCUT2D eigenvalue weighted by Crippen LogP contribution is 2.20. The van der Waals surface area contributed by atoms with Gasteiger partial charge >= 0.3 is 5.97 Å². The van der Waals surface area contributed by atoms with Gasteiger partial charge in [0.15, 0.2) is 0 Å². The number of carbonyl (C=O) groups is 2. The van der Waals surface area contributed by atoms with Crippen LogP contribution in [0.1, 0.15) is 51.9 Å². The smallest absolute Gasteiger partial charge is 0.326 e. The Bertz CT molecular complexity index is 326. The summed E-state index contributed by atoms with van der Waals surface area (Å²) in [4.78, 5) is 23.1. The molecule has 2 N–H and O–H groups in total. The summed E-state index contributed by atoms with van der Waals surface area (Å²) in [5.74, 6) is -1.43. The van der Waals surface area contributed by atoms with Crippen LogP contribution in [0.2, 0.25) is 0 Å². The van der Waals surface area contributed by atoms with Crippen LogP contribution < -0.4 is 5.32 Å². The number of amides is 1. The minimum absolute atomic E-state index is 0.107. The molecule has 0 aliphatic heterocycles. The minimum atomic E-state index is -1.05. The van der Waals surface area contributed by atoms with E-state index in [4.69, 9.17) is 14.6 Å². The second-order valence-electron chi connectivity index (χ2n) is 5.57. The van der Waals surface area contributed by atoms with Crippen molar-refractivity contribution in [2.75, 3.05) is 13.7 Å². The van der Waals surface area contributed by atoms with E-state index in [-0.39, 0.29) is 25.0 Å². The van der Waals surface area contributed by atoms with E-state index < -0.39 is 18.1 Å². The zero-order valence-electron chi connectivity index (χ0n) is 13.0. The maximum absolute atomic E-state index is 12.0. The molecule has 0 bridgehead atoms. The first kappa shape index (κ1) is 17.9. The summed E-state index contributed by atoms with van der Waals surface area (Å²) >= 11 is 0. The monoisotopic (exact) mass is 301 g/mol. The van der Waals surface area contributed by atoms with Crippen molar-refractivity contribution in [2.45, 2.75) is 70.1 Å². The first-order chi connectivity index (χ1) is 10.0. The Kier molecular flexibility index (Phi) is 8.30. The Morgan fingerprint density at radius 2 is 1.86 bits per heavy atom. The molecule has 0 heterocycles. The number of hydrogen-bond acceptors (Lipinski definition) is 4. The molecule has 122 valence electrons. The molecule has 1 amide bonds. The summed E-state index contributed by atoms with van der Waals surface area (Å²) < 4.78 is 10.6. The van der Waals surface area contributed by atoms with E-state index >= 15 is 0 Å². The van der Waals surface area contributed by atoms with Gasteiger partial charge in [0.1, 0.15) is 12.1 Å². The Morgan fingerprint density at radius 1 is 1.24 bits per heavy atom. The lowest BCUT2D eigenvalue weighted by Gasteiger charge is -2.22. The standard InChI is InChI=1S/C15H27NO5/c1-11(21-12-7-5-3-4-6-8-12)14(17)16-13(15(18)19)9-10-20-2/h11-13H,3-10H2,1-2H3,(H,16,17)(H,18,19). The van der Waals surface area contributed by atoms with Crippen molar-refractivity contribution in [1.82, 2.24) is 5.32 Å². The lowest BCUT2D eigenvalue weighted by atomic mass is 10.1. The average molecular weight is 301 g/mol. The maximum atomic E-state index is 12.0. The minimum Gasteiger partial charge on any atom is -0.480 e. The van der Waals surface area contributed by atoms with Crippen LogP contribution in [0.25, 0.3) is 0 Å². The molecule has 1 saturated carbocycles. The van der Waals surface area contributed by atoms with Gasteiger partial charge in [-0.3, -0.25) is 4.79 Å². The number of rotatable bonds is 8. The van der Waals surface area contributed by atoms with Crippen molar-refractivity contribution < 1.29 is 24.2 Å². The van der Waals surface area contributed by atoms with Gasteiger partial charge in [-0.25, -0.2) is 4.79 Å². The van der Waals surface area contributed by atoms with Gasteiger partial charge in [0.2, 0.25) is 5.91 Å². The molecule has 0 spiro atoms. The normalized spacial score (nSPS) is 19.5. The van der Waals surface area contributed by atoms with E-state index in [1.807, 2.05) is 0 Å².